The summed E-state index contributed by atoms with van der Waals surface area (Å²) in [6.45, 7) is 0. The number of ether oxygens (including phenoxy) is 2. The van der Waals surface area contributed by atoms with Gasteiger partial charge >= 0.3 is 0 Å². The highest BCUT2D eigenvalue weighted by molar-refractivity contribution is 6.08. The van der Waals surface area contributed by atoms with Gasteiger partial charge in [-0.05, 0) is 56.7 Å². The van der Waals surface area contributed by atoms with Crippen LogP contribution in [0.25, 0.3) is 0 Å². The lowest BCUT2D eigenvalue weighted by molar-refractivity contribution is -0.142. The fourth-order valence-corrected chi connectivity index (χ4v) is 4.82. The van der Waals surface area contributed by atoms with E-state index < -0.39 is 6.04 Å². The summed E-state index contributed by atoms with van der Waals surface area (Å²) >= 11 is 0. The van der Waals surface area contributed by atoms with Crippen LogP contribution in [0.15, 0.2) is 18.2 Å². The van der Waals surface area contributed by atoms with Gasteiger partial charge in [0.15, 0.2) is 11.5 Å². The Morgan fingerprint density at radius 1 is 1.00 bits per heavy atom. The number of methoxy groups -OCH3 is 1. The molecule has 2 aliphatic carbocycles. The Hall–Kier alpha value is -2.57. The average Bonchev–Trinajstić information content (AvgIpc) is 3.36. The van der Waals surface area contributed by atoms with Crippen LogP contribution in [0.3, 0.4) is 0 Å². The Labute approximate surface area is 177 Å². The van der Waals surface area contributed by atoms with Gasteiger partial charge in [-0.25, -0.2) is 0 Å². The van der Waals surface area contributed by atoms with E-state index in [4.69, 9.17) is 9.47 Å². The van der Waals surface area contributed by atoms with E-state index in [1.54, 1.807) is 25.3 Å². The van der Waals surface area contributed by atoms with Crippen molar-refractivity contribution >= 4 is 17.7 Å². The molecule has 162 valence electrons. The number of likely N-dealkylation sites (tertiary alicyclic amines) is 1. The summed E-state index contributed by atoms with van der Waals surface area (Å²) in [7, 11) is 1.57. The second kappa shape index (κ2) is 9.06. The molecule has 1 aromatic rings. The van der Waals surface area contributed by atoms with Crippen molar-refractivity contribution in [2.45, 2.75) is 82.4 Å². The van der Waals surface area contributed by atoms with E-state index >= 15 is 0 Å². The first kappa shape index (κ1) is 20.7. The number of nitrogens with zero attached hydrogens (tertiary/aromatic N) is 1. The maximum Gasteiger partial charge on any atom is 0.252 e. The average molecular weight is 415 g/mol. The number of carbonyl (C=O) groups is 3. The molecule has 3 amide bonds. The van der Waals surface area contributed by atoms with Crippen LogP contribution < -0.4 is 14.8 Å². The zero-order valence-corrected chi connectivity index (χ0v) is 17.5. The van der Waals surface area contributed by atoms with Gasteiger partial charge in [-0.2, -0.15) is 0 Å². The molecule has 0 aromatic heterocycles. The van der Waals surface area contributed by atoms with Crippen LogP contribution >= 0.6 is 0 Å². The van der Waals surface area contributed by atoms with Crippen LogP contribution in [-0.2, 0) is 9.59 Å². The molecular formula is C23H30N2O5. The first-order valence-electron chi connectivity index (χ1n) is 11.1. The van der Waals surface area contributed by atoms with Crippen molar-refractivity contribution in [1.82, 2.24) is 10.2 Å². The van der Waals surface area contributed by atoms with Crippen molar-refractivity contribution in [3.05, 3.63) is 23.8 Å². The SMILES string of the molecule is COc1ccc(C(=O)NC2CC(=O)N(C3CCCCC3)C2=O)cc1OC1CCCC1. The molecule has 4 rings (SSSR count). The van der Waals surface area contributed by atoms with Crippen molar-refractivity contribution < 1.29 is 23.9 Å². The predicted octanol–water partition coefficient (Wildman–Crippen LogP) is 3.21. The third kappa shape index (κ3) is 4.30. The van der Waals surface area contributed by atoms with Crippen molar-refractivity contribution in [2.75, 3.05) is 7.11 Å². The van der Waals surface area contributed by atoms with Crippen LogP contribution in [0.4, 0.5) is 0 Å². The number of amides is 3. The highest BCUT2D eigenvalue weighted by Crippen LogP contribution is 2.33. The van der Waals surface area contributed by atoms with Crippen molar-refractivity contribution in [3.63, 3.8) is 0 Å². The summed E-state index contributed by atoms with van der Waals surface area (Å²) in [5.41, 5.74) is 0.389. The normalized spacial score (nSPS) is 23.1. The summed E-state index contributed by atoms with van der Waals surface area (Å²) < 4.78 is 11.4. The van der Waals surface area contributed by atoms with Crippen LogP contribution in [0.2, 0.25) is 0 Å². The summed E-state index contributed by atoms with van der Waals surface area (Å²) in [6.07, 6.45) is 9.38. The van der Waals surface area contributed by atoms with E-state index in [1.807, 2.05) is 0 Å². The number of rotatable bonds is 6. The largest absolute Gasteiger partial charge is 0.493 e. The summed E-state index contributed by atoms with van der Waals surface area (Å²) in [5.74, 6) is 0.266. The van der Waals surface area contributed by atoms with Gasteiger partial charge in [0.25, 0.3) is 11.8 Å². The number of carbonyl (C=O) groups excluding carboxylic acids is 3. The zero-order chi connectivity index (χ0) is 21.1. The van der Waals surface area contributed by atoms with Crippen LogP contribution in [0.5, 0.6) is 11.5 Å². The van der Waals surface area contributed by atoms with E-state index in [0.29, 0.717) is 17.1 Å². The topological polar surface area (TPSA) is 84.9 Å². The number of benzene rings is 1. The van der Waals surface area contributed by atoms with Gasteiger partial charge in [-0.3, -0.25) is 19.3 Å². The second-order valence-electron chi connectivity index (χ2n) is 8.51. The van der Waals surface area contributed by atoms with E-state index in [1.165, 1.54) is 4.90 Å². The lowest BCUT2D eigenvalue weighted by atomic mass is 9.94. The molecule has 0 bridgehead atoms. The molecule has 7 heteroatoms. The molecule has 2 saturated carbocycles. The Morgan fingerprint density at radius 3 is 2.40 bits per heavy atom. The number of nitrogens with one attached hydrogen (secondary N) is 1. The molecule has 3 fully saturated rings. The van der Waals surface area contributed by atoms with Crippen LogP contribution in [-0.4, -0.2) is 47.9 Å². The highest BCUT2D eigenvalue weighted by atomic mass is 16.5. The summed E-state index contributed by atoms with van der Waals surface area (Å²) in [5, 5.41) is 2.76. The van der Waals surface area contributed by atoms with E-state index in [0.717, 1.165) is 57.8 Å². The minimum absolute atomic E-state index is 0.0203. The molecule has 0 radical (unpaired) electrons. The first-order chi connectivity index (χ1) is 14.6. The Kier molecular flexibility index (Phi) is 6.25. The Bertz CT molecular complexity index is 812. The third-order valence-corrected chi connectivity index (χ3v) is 6.45. The van der Waals surface area contributed by atoms with Gasteiger partial charge in [0.2, 0.25) is 5.91 Å². The molecule has 7 nitrogen and oxygen atoms in total. The number of hydrogen-bond donors (Lipinski definition) is 1. The minimum Gasteiger partial charge on any atom is -0.493 e. The molecule has 1 N–H and O–H groups in total. The fourth-order valence-electron chi connectivity index (χ4n) is 4.82. The molecule has 1 unspecified atom stereocenters. The molecule has 1 aliphatic heterocycles. The monoisotopic (exact) mass is 414 g/mol. The quantitative estimate of drug-likeness (QED) is 0.723. The maximum absolute atomic E-state index is 12.8. The highest BCUT2D eigenvalue weighted by Gasteiger charge is 2.43. The predicted molar refractivity (Wildman–Crippen MR) is 110 cm³/mol. The maximum atomic E-state index is 12.8. The smallest absolute Gasteiger partial charge is 0.252 e. The van der Waals surface area contributed by atoms with Gasteiger partial charge in [0, 0.05) is 11.6 Å². The van der Waals surface area contributed by atoms with E-state index in [2.05, 4.69) is 5.32 Å². The van der Waals surface area contributed by atoms with Gasteiger partial charge in [0.1, 0.15) is 6.04 Å². The molecule has 3 aliphatic rings. The minimum atomic E-state index is -0.798. The van der Waals surface area contributed by atoms with Crippen molar-refractivity contribution in [3.8, 4) is 11.5 Å². The van der Waals surface area contributed by atoms with Crippen LogP contribution in [0.1, 0.15) is 74.6 Å². The van der Waals surface area contributed by atoms with E-state index in [9.17, 15) is 14.4 Å². The molecule has 30 heavy (non-hydrogen) atoms. The lowest BCUT2D eigenvalue weighted by Gasteiger charge is -2.29. The molecule has 1 atom stereocenters. The molecular weight excluding hydrogens is 384 g/mol. The molecule has 1 aromatic carbocycles. The van der Waals surface area contributed by atoms with Crippen molar-refractivity contribution in [2.24, 2.45) is 0 Å². The number of hydrogen-bond acceptors (Lipinski definition) is 5. The van der Waals surface area contributed by atoms with Gasteiger partial charge in [0.05, 0.1) is 19.6 Å². The Balaban J connectivity index is 1.44. The van der Waals surface area contributed by atoms with Crippen molar-refractivity contribution in [1.29, 1.82) is 0 Å². The summed E-state index contributed by atoms with van der Waals surface area (Å²) in [4.78, 5) is 39.5. The van der Waals surface area contributed by atoms with E-state index in [-0.39, 0.29) is 36.3 Å². The third-order valence-electron chi connectivity index (χ3n) is 6.45. The van der Waals surface area contributed by atoms with Gasteiger partial charge < -0.3 is 14.8 Å². The van der Waals surface area contributed by atoms with Gasteiger partial charge in [-0.1, -0.05) is 19.3 Å². The zero-order valence-electron chi connectivity index (χ0n) is 17.5. The number of imide groups is 1. The fraction of sp³-hybridized carbons (Fsp3) is 0.609. The van der Waals surface area contributed by atoms with Crippen LogP contribution in [0, 0.1) is 0 Å². The Morgan fingerprint density at radius 2 is 1.70 bits per heavy atom. The lowest BCUT2D eigenvalue weighted by Crippen LogP contribution is -2.46. The summed E-state index contributed by atoms with van der Waals surface area (Å²) in [6, 6.07) is 4.19. The molecule has 1 heterocycles. The van der Waals surface area contributed by atoms with Gasteiger partial charge in [-0.15, -0.1) is 0 Å². The first-order valence-corrected chi connectivity index (χ1v) is 11.1. The molecule has 0 spiro atoms. The second-order valence-corrected chi connectivity index (χ2v) is 8.51. The molecule has 1 saturated heterocycles. The standard InChI is InChI=1S/C23H30N2O5/c1-29-19-12-11-15(13-20(19)30-17-9-5-6-10-17)22(27)24-18-14-21(26)25(23(18)28)16-7-3-2-4-8-16/h11-13,16-18H,2-10,14H2,1H3,(H,24,27).